The van der Waals surface area contributed by atoms with E-state index in [0.717, 1.165) is 56.5 Å². The van der Waals surface area contributed by atoms with Crippen molar-refractivity contribution in [3.63, 3.8) is 0 Å². The summed E-state index contributed by atoms with van der Waals surface area (Å²) >= 11 is 0. The molecule has 0 bridgehead atoms. The van der Waals surface area contributed by atoms with Gasteiger partial charge in [-0.3, -0.25) is 4.90 Å². The van der Waals surface area contributed by atoms with Gasteiger partial charge in [0, 0.05) is 39.3 Å². The van der Waals surface area contributed by atoms with Crippen LogP contribution in [0.1, 0.15) is 38.8 Å². The summed E-state index contributed by atoms with van der Waals surface area (Å²) in [6, 6.07) is 4.16. The molecule has 5 heteroatoms. The number of piperazine rings is 1. The van der Waals surface area contributed by atoms with E-state index in [-0.39, 0.29) is 5.54 Å². The summed E-state index contributed by atoms with van der Waals surface area (Å²) in [5.41, 5.74) is 8.13. The number of likely N-dealkylation sites (N-methyl/N-ethyl adjacent to an activating group) is 1. The smallest absolute Gasteiger partial charge is 0.152 e. The molecule has 0 atom stereocenters. The second-order valence-corrected chi connectivity index (χ2v) is 7.51. The number of nitrogens with zero attached hydrogens (tertiary/aromatic N) is 4. The lowest BCUT2D eigenvalue weighted by Crippen LogP contribution is -2.52. The number of nitrogens with two attached hydrogens (primary N) is 1. The molecule has 0 unspecified atom stereocenters. The maximum atomic E-state index is 6.24. The Hall–Kier alpha value is -1.33. The molecule has 0 radical (unpaired) electrons. The number of hydrogen-bond donors (Lipinski definition) is 1. The number of anilines is 2. The van der Waals surface area contributed by atoms with E-state index < -0.39 is 0 Å². The van der Waals surface area contributed by atoms with Crippen LogP contribution in [0.3, 0.4) is 0 Å². The van der Waals surface area contributed by atoms with Gasteiger partial charge in [0.15, 0.2) is 5.82 Å². The molecule has 1 aromatic heterocycles. The van der Waals surface area contributed by atoms with Gasteiger partial charge in [-0.25, -0.2) is 4.98 Å². The molecule has 1 aromatic rings. The van der Waals surface area contributed by atoms with Gasteiger partial charge in [-0.2, -0.15) is 0 Å². The highest BCUT2D eigenvalue weighted by molar-refractivity contribution is 5.63. The number of pyridine rings is 1. The monoisotopic (exact) mass is 317 g/mol. The van der Waals surface area contributed by atoms with E-state index in [2.05, 4.69) is 41.7 Å². The predicted octanol–water partition coefficient (Wildman–Crippen LogP) is 2.14. The Balaban J connectivity index is 1.84. The van der Waals surface area contributed by atoms with Gasteiger partial charge < -0.3 is 15.5 Å². The average molecular weight is 317 g/mol. The van der Waals surface area contributed by atoms with Crippen LogP contribution in [-0.4, -0.2) is 61.1 Å². The molecule has 23 heavy (non-hydrogen) atoms. The third-order valence-electron chi connectivity index (χ3n) is 5.48. The van der Waals surface area contributed by atoms with E-state index in [1.54, 1.807) is 0 Å². The molecule has 2 aliphatic heterocycles. The van der Waals surface area contributed by atoms with Gasteiger partial charge in [0.05, 0.1) is 16.9 Å². The molecule has 0 aliphatic carbocycles. The van der Waals surface area contributed by atoms with E-state index in [1.165, 1.54) is 19.3 Å². The topological polar surface area (TPSA) is 48.6 Å². The van der Waals surface area contributed by atoms with Crippen LogP contribution >= 0.6 is 0 Å². The van der Waals surface area contributed by atoms with Crippen LogP contribution in [0.15, 0.2) is 12.1 Å². The van der Waals surface area contributed by atoms with Crippen molar-refractivity contribution >= 4 is 11.5 Å². The molecule has 2 fully saturated rings. The molecule has 3 heterocycles. The third kappa shape index (κ3) is 3.45. The van der Waals surface area contributed by atoms with E-state index in [9.17, 15) is 0 Å². The van der Waals surface area contributed by atoms with Crippen LogP contribution in [0.5, 0.6) is 0 Å². The molecule has 0 aromatic carbocycles. The van der Waals surface area contributed by atoms with Gasteiger partial charge in [0.25, 0.3) is 0 Å². The van der Waals surface area contributed by atoms with Gasteiger partial charge >= 0.3 is 0 Å². The van der Waals surface area contributed by atoms with Gasteiger partial charge in [-0.05, 0) is 52.3 Å². The van der Waals surface area contributed by atoms with Crippen LogP contribution in [0.4, 0.5) is 11.5 Å². The first-order chi connectivity index (χ1) is 11.0. The second kappa shape index (κ2) is 6.65. The van der Waals surface area contributed by atoms with Crippen molar-refractivity contribution in [2.24, 2.45) is 0 Å². The molecule has 2 N–H and O–H groups in total. The number of hydrogen-bond acceptors (Lipinski definition) is 5. The number of piperidine rings is 1. The minimum Gasteiger partial charge on any atom is -0.396 e. The fourth-order valence-electron chi connectivity index (χ4n) is 3.69. The third-order valence-corrected chi connectivity index (χ3v) is 5.48. The first-order valence-electron chi connectivity index (χ1n) is 8.94. The normalized spacial score (nSPS) is 21.6. The van der Waals surface area contributed by atoms with Gasteiger partial charge in [0.2, 0.25) is 0 Å². The van der Waals surface area contributed by atoms with E-state index in [1.807, 2.05) is 6.07 Å². The zero-order valence-corrected chi connectivity index (χ0v) is 14.9. The van der Waals surface area contributed by atoms with Gasteiger partial charge in [0.1, 0.15) is 0 Å². The molecule has 2 saturated heterocycles. The summed E-state index contributed by atoms with van der Waals surface area (Å²) in [7, 11) is 2.19. The quantitative estimate of drug-likeness (QED) is 0.925. The largest absolute Gasteiger partial charge is 0.396 e. The first kappa shape index (κ1) is 16.5. The van der Waals surface area contributed by atoms with Crippen molar-refractivity contribution in [2.75, 3.05) is 56.9 Å². The Bertz CT molecular complexity index is 528. The van der Waals surface area contributed by atoms with Crippen molar-refractivity contribution < 1.29 is 0 Å². The van der Waals surface area contributed by atoms with Gasteiger partial charge in [-0.1, -0.05) is 0 Å². The molecule has 2 aliphatic rings. The highest BCUT2D eigenvalue weighted by Gasteiger charge is 2.32. The Morgan fingerprint density at radius 2 is 1.61 bits per heavy atom. The molecule has 5 nitrogen and oxygen atoms in total. The summed E-state index contributed by atoms with van der Waals surface area (Å²) in [5.74, 6) is 0.990. The maximum absolute atomic E-state index is 6.24. The SMILES string of the molecule is CN1CCN(C(C)(C)c2ccc(N)c(N3CCCCC3)n2)CC1. The van der Waals surface area contributed by atoms with E-state index in [0.29, 0.717) is 0 Å². The maximum Gasteiger partial charge on any atom is 0.152 e. The molecule has 0 amide bonds. The Kier molecular flexibility index (Phi) is 4.78. The second-order valence-electron chi connectivity index (χ2n) is 7.51. The van der Waals surface area contributed by atoms with Crippen LogP contribution in [0.25, 0.3) is 0 Å². The minimum atomic E-state index is -0.0561. The lowest BCUT2D eigenvalue weighted by atomic mass is 9.96. The van der Waals surface area contributed by atoms with Crippen molar-refractivity contribution in [1.29, 1.82) is 0 Å². The highest BCUT2D eigenvalue weighted by atomic mass is 15.3. The Labute approximate surface area is 140 Å². The standard InChI is InChI=1S/C18H31N5/c1-18(2,23-13-11-21(3)12-14-23)16-8-7-15(19)17(20-16)22-9-5-4-6-10-22/h7-8H,4-6,9-14,19H2,1-3H3. The van der Waals surface area contributed by atoms with Crippen LogP contribution in [0.2, 0.25) is 0 Å². The number of aromatic nitrogens is 1. The Morgan fingerprint density at radius 1 is 0.957 bits per heavy atom. The van der Waals surface area contributed by atoms with E-state index >= 15 is 0 Å². The summed E-state index contributed by atoms with van der Waals surface area (Å²) in [5, 5.41) is 0. The molecule has 3 rings (SSSR count). The number of nitrogen functional groups attached to an aromatic ring is 1. The molecular weight excluding hydrogens is 286 g/mol. The summed E-state index contributed by atoms with van der Waals surface area (Å²) < 4.78 is 0. The molecular formula is C18H31N5. The van der Waals surface area contributed by atoms with Crippen LogP contribution in [-0.2, 0) is 5.54 Å². The minimum absolute atomic E-state index is 0.0561. The van der Waals surface area contributed by atoms with Crippen molar-refractivity contribution in [3.8, 4) is 0 Å². The molecule has 0 saturated carbocycles. The lowest BCUT2D eigenvalue weighted by molar-refractivity contribution is 0.0580. The zero-order chi connectivity index (χ0) is 16.4. The molecule has 128 valence electrons. The lowest BCUT2D eigenvalue weighted by Gasteiger charge is -2.43. The van der Waals surface area contributed by atoms with Crippen molar-refractivity contribution in [1.82, 2.24) is 14.8 Å². The Morgan fingerprint density at radius 3 is 2.26 bits per heavy atom. The van der Waals surface area contributed by atoms with Crippen LogP contribution in [0, 0.1) is 0 Å². The van der Waals surface area contributed by atoms with E-state index in [4.69, 9.17) is 10.7 Å². The predicted molar refractivity (Wildman–Crippen MR) is 96.8 cm³/mol. The van der Waals surface area contributed by atoms with Crippen molar-refractivity contribution in [2.45, 2.75) is 38.6 Å². The van der Waals surface area contributed by atoms with Gasteiger partial charge in [-0.15, -0.1) is 0 Å². The fraction of sp³-hybridized carbons (Fsp3) is 0.722. The molecule has 0 spiro atoms. The fourth-order valence-corrected chi connectivity index (χ4v) is 3.69. The zero-order valence-electron chi connectivity index (χ0n) is 14.9. The highest BCUT2D eigenvalue weighted by Crippen LogP contribution is 2.32. The summed E-state index contributed by atoms with van der Waals surface area (Å²) in [4.78, 5) is 12.3. The first-order valence-corrected chi connectivity index (χ1v) is 8.94. The average Bonchev–Trinajstić information content (AvgIpc) is 2.56. The number of rotatable bonds is 3. The summed E-state index contributed by atoms with van der Waals surface area (Å²) in [6.07, 6.45) is 3.81. The summed E-state index contributed by atoms with van der Waals surface area (Å²) in [6.45, 7) is 11.2. The van der Waals surface area contributed by atoms with Crippen molar-refractivity contribution in [3.05, 3.63) is 17.8 Å². The van der Waals surface area contributed by atoms with Crippen LogP contribution < -0.4 is 10.6 Å².